The van der Waals surface area contributed by atoms with Gasteiger partial charge < -0.3 is 19.3 Å². The van der Waals surface area contributed by atoms with Crippen molar-refractivity contribution in [2.45, 2.75) is 19.8 Å². The standard InChI is InChI=1S/C14H31N3O2Si/c1-5-18-14(19-6-2)20-13-17-11-9-16(10-12-17)8-7-15(3)4/h14H,5-13H2,1-4H3. The minimum atomic E-state index is -0.00299. The third-order valence-electron chi connectivity index (χ3n) is 3.45. The third kappa shape index (κ3) is 7.71. The van der Waals surface area contributed by atoms with Crippen molar-refractivity contribution in [3.05, 3.63) is 0 Å². The second kappa shape index (κ2) is 10.7. The van der Waals surface area contributed by atoms with Gasteiger partial charge in [0.25, 0.3) is 0 Å². The molecule has 1 heterocycles. The molecule has 0 aromatic rings. The van der Waals surface area contributed by atoms with Crippen molar-refractivity contribution < 1.29 is 9.47 Å². The summed E-state index contributed by atoms with van der Waals surface area (Å²) in [7, 11) is 4.99. The van der Waals surface area contributed by atoms with Crippen LogP contribution in [0, 0.1) is 0 Å². The van der Waals surface area contributed by atoms with E-state index in [-0.39, 0.29) is 5.91 Å². The van der Waals surface area contributed by atoms with E-state index in [1.807, 2.05) is 13.8 Å². The molecule has 0 atom stereocenters. The highest BCUT2D eigenvalue weighted by Crippen LogP contribution is 2.02. The number of rotatable bonds is 10. The lowest BCUT2D eigenvalue weighted by molar-refractivity contribution is -0.0835. The Bertz CT molecular complexity index is 230. The van der Waals surface area contributed by atoms with E-state index >= 15 is 0 Å². The Balaban J connectivity index is 2.14. The van der Waals surface area contributed by atoms with Gasteiger partial charge in [-0.1, -0.05) is 0 Å². The van der Waals surface area contributed by atoms with Crippen LogP contribution in [0.1, 0.15) is 13.8 Å². The monoisotopic (exact) mass is 301 g/mol. The van der Waals surface area contributed by atoms with Crippen LogP contribution in [-0.4, -0.2) is 103 Å². The highest BCUT2D eigenvalue weighted by atomic mass is 28.2. The van der Waals surface area contributed by atoms with Gasteiger partial charge >= 0.3 is 0 Å². The highest BCUT2D eigenvalue weighted by Gasteiger charge is 2.18. The normalized spacial score (nSPS) is 18.3. The van der Waals surface area contributed by atoms with E-state index in [1.54, 1.807) is 0 Å². The highest BCUT2D eigenvalue weighted by molar-refractivity contribution is 6.36. The fourth-order valence-corrected chi connectivity index (χ4v) is 3.48. The first-order chi connectivity index (χ1) is 9.65. The molecule has 1 fully saturated rings. The predicted molar refractivity (Wildman–Crippen MR) is 84.2 cm³/mol. The SMILES string of the molecule is CCOC(OCC)[Si]CN1CCN(CCN(C)C)CC1. The van der Waals surface area contributed by atoms with Crippen LogP contribution in [0.15, 0.2) is 0 Å². The van der Waals surface area contributed by atoms with Crippen molar-refractivity contribution in [3.63, 3.8) is 0 Å². The number of hydrogen-bond donors (Lipinski definition) is 0. The van der Waals surface area contributed by atoms with Gasteiger partial charge in [0.1, 0.15) is 15.4 Å². The van der Waals surface area contributed by atoms with E-state index < -0.39 is 0 Å². The first-order valence-corrected chi connectivity index (χ1v) is 9.00. The largest absolute Gasteiger partial charge is 0.357 e. The molecule has 0 bridgehead atoms. The molecule has 0 saturated carbocycles. The second-order valence-electron chi connectivity index (χ2n) is 5.37. The first kappa shape index (κ1) is 18.1. The lowest BCUT2D eigenvalue weighted by Gasteiger charge is -2.35. The number of hydrogen-bond acceptors (Lipinski definition) is 5. The van der Waals surface area contributed by atoms with Crippen molar-refractivity contribution in [2.75, 3.05) is 72.7 Å². The molecule has 5 nitrogen and oxygen atoms in total. The fourth-order valence-electron chi connectivity index (χ4n) is 2.18. The first-order valence-electron chi connectivity index (χ1n) is 7.71. The Morgan fingerprint density at radius 2 is 1.55 bits per heavy atom. The molecule has 0 unspecified atom stereocenters. The summed E-state index contributed by atoms with van der Waals surface area (Å²) in [5.41, 5.74) is 0. The molecular weight excluding hydrogens is 270 g/mol. The van der Waals surface area contributed by atoms with Gasteiger partial charge in [-0.3, -0.25) is 4.90 Å². The van der Waals surface area contributed by atoms with Crippen LogP contribution in [0.2, 0.25) is 0 Å². The van der Waals surface area contributed by atoms with Gasteiger partial charge in [0, 0.05) is 52.5 Å². The molecule has 0 aliphatic carbocycles. The molecule has 1 aliphatic rings. The van der Waals surface area contributed by atoms with Crippen molar-refractivity contribution in [2.24, 2.45) is 0 Å². The van der Waals surface area contributed by atoms with Crippen LogP contribution in [0.5, 0.6) is 0 Å². The summed E-state index contributed by atoms with van der Waals surface area (Å²) in [5.74, 6) is -0.00299. The molecule has 2 radical (unpaired) electrons. The van der Waals surface area contributed by atoms with Crippen LogP contribution >= 0.6 is 0 Å². The molecule has 118 valence electrons. The molecule has 0 amide bonds. The Hall–Kier alpha value is 0.0169. The van der Waals surface area contributed by atoms with Crippen LogP contribution in [0.3, 0.4) is 0 Å². The summed E-state index contributed by atoms with van der Waals surface area (Å²) >= 11 is 0. The smallest absolute Gasteiger partial charge is 0.138 e. The quantitative estimate of drug-likeness (QED) is 0.424. The number of ether oxygens (including phenoxy) is 2. The Kier molecular flexibility index (Phi) is 9.67. The lowest BCUT2D eigenvalue weighted by atomic mass is 10.3. The molecule has 20 heavy (non-hydrogen) atoms. The van der Waals surface area contributed by atoms with Crippen molar-refractivity contribution in [1.29, 1.82) is 0 Å². The van der Waals surface area contributed by atoms with Gasteiger partial charge in [-0.25, -0.2) is 0 Å². The minimum absolute atomic E-state index is 0.00299. The van der Waals surface area contributed by atoms with E-state index in [2.05, 4.69) is 28.8 Å². The van der Waals surface area contributed by atoms with E-state index in [9.17, 15) is 0 Å². The number of nitrogens with zero attached hydrogens (tertiary/aromatic N) is 3. The molecule has 0 aromatic carbocycles. The Labute approximate surface area is 127 Å². The maximum Gasteiger partial charge on any atom is 0.138 e. The number of piperazine rings is 1. The lowest BCUT2D eigenvalue weighted by Crippen LogP contribution is -2.50. The maximum atomic E-state index is 5.61. The Morgan fingerprint density at radius 3 is 2.05 bits per heavy atom. The minimum Gasteiger partial charge on any atom is -0.357 e. The van der Waals surface area contributed by atoms with Crippen LogP contribution < -0.4 is 0 Å². The summed E-state index contributed by atoms with van der Waals surface area (Å²) in [6.07, 6.45) is 1.10. The maximum absolute atomic E-state index is 5.61. The fraction of sp³-hybridized carbons (Fsp3) is 1.00. The zero-order valence-electron chi connectivity index (χ0n) is 13.6. The predicted octanol–water partition coefficient (Wildman–Crippen LogP) is 0.184. The van der Waals surface area contributed by atoms with Crippen LogP contribution in [0.25, 0.3) is 0 Å². The van der Waals surface area contributed by atoms with Crippen LogP contribution in [0.4, 0.5) is 0 Å². The zero-order valence-corrected chi connectivity index (χ0v) is 14.6. The molecule has 1 aliphatic heterocycles. The summed E-state index contributed by atoms with van der Waals surface area (Å²) in [6, 6.07) is 0. The van der Waals surface area contributed by atoms with E-state index in [0.29, 0.717) is 9.52 Å². The molecular formula is C14H31N3O2Si. The summed E-state index contributed by atoms with van der Waals surface area (Å²) in [6.45, 7) is 12.6. The van der Waals surface area contributed by atoms with Gasteiger partial charge in [0.2, 0.25) is 0 Å². The average molecular weight is 302 g/mol. The van der Waals surface area contributed by atoms with Crippen molar-refractivity contribution in [3.8, 4) is 0 Å². The van der Waals surface area contributed by atoms with Gasteiger partial charge in [-0.05, 0) is 34.1 Å². The van der Waals surface area contributed by atoms with E-state index in [4.69, 9.17) is 9.47 Å². The molecule has 0 spiro atoms. The number of likely N-dealkylation sites (N-methyl/N-ethyl adjacent to an activating group) is 1. The molecule has 1 saturated heterocycles. The van der Waals surface area contributed by atoms with Crippen molar-refractivity contribution in [1.82, 2.24) is 14.7 Å². The summed E-state index contributed by atoms with van der Waals surface area (Å²) < 4.78 is 11.2. The average Bonchev–Trinajstić information content (AvgIpc) is 2.44. The topological polar surface area (TPSA) is 28.2 Å². The van der Waals surface area contributed by atoms with Gasteiger partial charge in [0.05, 0.1) is 0 Å². The van der Waals surface area contributed by atoms with Crippen LogP contribution in [-0.2, 0) is 9.47 Å². The Morgan fingerprint density at radius 1 is 1.00 bits per heavy atom. The summed E-state index contributed by atoms with van der Waals surface area (Å²) in [4.78, 5) is 7.35. The molecule has 0 aromatic heterocycles. The van der Waals surface area contributed by atoms with E-state index in [0.717, 1.165) is 25.9 Å². The molecule has 0 N–H and O–H groups in total. The zero-order chi connectivity index (χ0) is 14.8. The van der Waals surface area contributed by atoms with Gasteiger partial charge in [-0.2, -0.15) is 0 Å². The van der Waals surface area contributed by atoms with Gasteiger partial charge in [0.15, 0.2) is 0 Å². The molecule has 1 rings (SSSR count). The van der Waals surface area contributed by atoms with E-state index in [1.165, 1.54) is 32.7 Å². The van der Waals surface area contributed by atoms with Crippen molar-refractivity contribution >= 4 is 9.52 Å². The summed E-state index contributed by atoms with van der Waals surface area (Å²) in [5, 5.41) is 0. The van der Waals surface area contributed by atoms with Gasteiger partial charge in [-0.15, -0.1) is 0 Å². The molecule has 6 heteroatoms. The third-order valence-corrected chi connectivity index (χ3v) is 4.74. The second-order valence-corrected chi connectivity index (χ2v) is 6.56.